The van der Waals surface area contributed by atoms with Crippen molar-refractivity contribution >= 4 is 17.2 Å². The fourth-order valence-corrected chi connectivity index (χ4v) is 3.22. The van der Waals surface area contributed by atoms with Crippen molar-refractivity contribution in [2.24, 2.45) is 0 Å². The van der Waals surface area contributed by atoms with E-state index >= 15 is 0 Å². The Hall–Kier alpha value is -1.77. The van der Waals surface area contributed by atoms with Gasteiger partial charge in [0.25, 0.3) is 0 Å². The number of carbonyl (C=O) groups excluding carboxylic acids is 1. The van der Waals surface area contributed by atoms with E-state index in [2.05, 4.69) is 15.0 Å². The summed E-state index contributed by atoms with van der Waals surface area (Å²) in [5.41, 5.74) is 1.16. The number of thiazole rings is 1. The van der Waals surface area contributed by atoms with Crippen molar-refractivity contribution in [3.05, 3.63) is 34.5 Å². The summed E-state index contributed by atoms with van der Waals surface area (Å²) in [5.74, 6) is -0.0265. The van der Waals surface area contributed by atoms with Crippen LogP contribution in [0.2, 0.25) is 0 Å². The molecule has 1 atom stereocenters. The molecule has 0 bridgehead atoms. The Morgan fingerprint density at radius 2 is 2.30 bits per heavy atom. The number of rotatable bonds is 5. The molecule has 7 nitrogen and oxygen atoms in total. The van der Waals surface area contributed by atoms with E-state index in [0.29, 0.717) is 6.54 Å². The molecule has 3 heterocycles. The number of amides is 1. The molecule has 0 aromatic carbocycles. The van der Waals surface area contributed by atoms with Crippen molar-refractivity contribution in [2.75, 3.05) is 27.2 Å². The van der Waals surface area contributed by atoms with E-state index in [9.17, 15) is 4.79 Å². The standard InChI is InChI=1S/C15H21N5O2S/c1-18(2)15(21)11-22-13-8-19(10-14-16-5-6-23-14)7-12-3-4-17-20(12)9-13/h3-6,13H,7-11H2,1-2H3/t13-/m0/s1. The summed E-state index contributed by atoms with van der Waals surface area (Å²) in [4.78, 5) is 20.0. The Kier molecular flexibility index (Phi) is 5.04. The second-order valence-corrected chi connectivity index (χ2v) is 6.80. The number of fused-ring (bicyclic) bond motifs is 1. The molecule has 0 radical (unpaired) electrons. The zero-order valence-electron chi connectivity index (χ0n) is 13.4. The van der Waals surface area contributed by atoms with Crippen LogP contribution in [0, 0.1) is 0 Å². The highest BCUT2D eigenvalue weighted by atomic mass is 32.1. The van der Waals surface area contributed by atoms with E-state index in [-0.39, 0.29) is 18.6 Å². The van der Waals surface area contributed by atoms with Gasteiger partial charge in [0.1, 0.15) is 11.6 Å². The Bertz CT molecular complexity index is 640. The van der Waals surface area contributed by atoms with Gasteiger partial charge >= 0.3 is 0 Å². The molecule has 0 saturated heterocycles. The molecule has 0 fully saturated rings. The molecule has 8 heteroatoms. The first-order valence-corrected chi connectivity index (χ1v) is 8.43. The predicted molar refractivity (Wildman–Crippen MR) is 86.9 cm³/mol. The minimum absolute atomic E-state index is 0.0265. The van der Waals surface area contributed by atoms with E-state index in [1.165, 1.54) is 0 Å². The molecule has 0 saturated carbocycles. The summed E-state index contributed by atoms with van der Waals surface area (Å²) in [6.45, 7) is 3.10. The minimum Gasteiger partial charge on any atom is -0.365 e. The lowest BCUT2D eigenvalue weighted by molar-refractivity contribution is -0.136. The van der Waals surface area contributed by atoms with Crippen LogP contribution in [-0.2, 0) is 29.2 Å². The van der Waals surface area contributed by atoms with Crippen molar-refractivity contribution in [1.29, 1.82) is 0 Å². The summed E-state index contributed by atoms with van der Waals surface area (Å²) < 4.78 is 7.82. The molecular weight excluding hydrogens is 314 g/mol. The average molecular weight is 335 g/mol. The highest BCUT2D eigenvalue weighted by molar-refractivity contribution is 7.09. The highest BCUT2D eigenvalue weighted by Gasteiger charge is 2.24. The van der Waals surface area contributed by atoms with Gasteiger partial charge in [-0.3, -0.25) is 14.4 Å². The molecule has 0 N–H and O–H groups in total. The minimum atomic E-state index is -0.0694. The molecule has 1 aliphatic rings. The van der Waals surface area contributed by atoms with E-state index in [1.54, 1.807) is 30.3 Å². The monoisotopic (exact) mass is 335 g/mol. The highest BCUT2D eigenvalue weighted by Crippen LogP contribution is 2.17. The van der Waals surface area contributed by atoms with Crippen LogP contribution in [0.15, 0.2) is 23.8 Å². The number of carbonyl (C=O) groups is 1. The van der Waals surface area contributed by atoms with Gasteiger partial charge in [-0.15, -0.1) is 11.3 Å². The Balaban J connectivity index is 1.68. The summed E-state index contributed by atoms with van der Waals surface area (Å²) in [6.07, 6.45) is 3.57. The Morgan fingerprint density at radius 1 is 1.43 bits per heavy atom. The van der Waals surface area contributed by atoms with Gasteiger partial charge in [0.2, 0.25) is 5.91 Å². The fourth-order valence-electron chi connectivity index (χ4n) is 2.56. The molecule has 1 amide bonds. The normalized spacial score (nSPS) is 18.4. The van der Waals surface area contributed by atoms with Gasteiger partial charge in [-0.2, -0.15) is 5.10 Å². The lowest BCUT2D eigenvalue weighted by atomic mass is 10.3. The van der Waals surface area contributed by atoms with Gasteiger partial charge in [0.15, 0.2) is 0 Å². The SMILES string of the molecule is CN(C)C(=O)CO[C@H]1CN(Cc2nccs2)Cc2ccnn2C1. The van der Waals surface area contributed by atoms with Crippen LogP contribution < -0.4 is 0 Å². The fraction of sp³-hybridized carbons (Fsp3) is 0.533. The van der Waals surface area contributed by atoms with Crippen molar-refractivity contribution in [3.63, 3.8) is 0 Å². The molecular formula is C15H21N5O2S. The van der Waals surface area contributed by atoms with E-state index < -0.39 is 0 Å². The number of ether oxygens (including phenoxy) is 1. The van der Waals surface area contributed by atoms with Crippen LogP contribution in [0.5, 0.6) is 0 Å². The van der Waals surface area contributed by atoms with Crippen molar-refractivity contribution in [2.45, 2.75) is 25.7 Å². The van der Waals surface area contributed by atoms with Crippen LogP contribution in [0.25, 0.3) is 0 Å². The first-order valence-electron chi connectivity index (χ1n) is 7.55. The van der Waals surface area contributed by atoms with Crippen LogP contribution >= 0.6 is 11.3 Å². The number of aromatic nitrogens is 3. The largest absolute Gasteiger partial charge is 0.365 e. The summed E-state index contributed by atoms with van der Waals surface area (Å²) in [6, 6.07) is 2.03. The van der Waals surface area contributed by atoms with Crippen molar-refractivity contribution in [3.8, 4) is 0 Å². The maximum atomic E-state index is 11.8. The van der Waals surface area contributed by atoms with Gasteiger partial charge in [-0.1, -0.05) is 0 Å². The molecule has 2 aromatic rings. The van der Waals surface area contributed by atoms with Crippen LogP contribution in [0.4, 0.5) is 0 Å². The predicted octanol–water partition coefficient (Wildman–Crippen LogP) is 0.829. The summed E-state index contributed by atoms with van der Waals surface area (Å²) in [7, 11) is 3.47. The van der Waals surface area contributed by atoms with Gasteiger partial charge in [0.05, 0.1) is 24.9 Å². The summed E-state index contributed by atoms with van der Waals surface area (Å²) in [5, 5.41) is 7.43. The molecule has 23 heavy (non-hydrogen) atoms. The van der Waals surface area contributed by atoms with E-state index in [4.69, 9.17) is 4.74 Å². The molecule has 0 unspecified atom stereocenters. The molecule has 3 rings (SSSR count). The third kappa shape index (κ3) is 4.15. The molecule has 124 valence electrons. The molecule has 2 aromatic heterocycles. The Morgan fingerprint density at radius 3 is 3.04 bits per heavy atom. The number of likely N-dealkylation sites (N-methyl/N-ethyl adjacent to an activating group) is 1. The zero-order chi connectivity index (χ0) is 16.2. The summed E-state index contributed by atoms with van der Waals surface area (Å²) >= 11 is 1.65. The Labute approximate surface area is 139 Å². The lowest BCUT2D eigenvalue weighted by Crippen LogP contribution is -2.36. The van der Waals surface area contributed by atoms with Crippen LogP contribution in [0.3, 0.4) is 0 Å². The van der Waals surface area contributed by atoms with Gasteiger partial charge in [-0.25, -0.2) is 4.98 Å². The third-order valence-corrected chi connectivity index (χ3v) is 4.58. The maximum Gasteiger partial charge on any atom is 0.248 e. The third-order valence-electron chi connectivity index (χ3n) is 3.81. The lowest BCUT2D eigenvalue weighted by Gasteiger charge is -2.23. The zero-order valence-corrected chi connectivity index (χ0v) is 14.2. The quantitative estimate of drug-likeness (QED) is 0.810. The average Bonchev–Trinajstić information content (AvgIpc) is 3.14. The van der Waals surface area contributed by atoms with Crippen molar-refractivity contribution < 1.29 is 9.53 Å². The van der Waals surface area contributed by atoms with Gasteiger partial charge < -0.3 is 9.64 Å². The molecule has 1 aliphatic heterocycles. The number of hydrogen-bond acceptors (Lipinski definition) is 6. The topological polar surface area (TPSA) is 63.5 Å². The molecule has 0 aliphatic carbocycles. The van der Waals surface area contributed by atoms with Crippen molar-refractivity contribution in [1.82, 2.24) is 24.6 Å². The van der Waals surface area contributed by atoms with E-state index in [1.807, 2.05) is 28.5 Å². The first kappa shape index (κ1) is 16.1. The number of hydrogen-bond donors (Lipinski definition) is 0. The number of nitrogens with zero attached hydrogens (tertiary/aromatic N) is 5. The van der Waals surface area contributed by atoms with Crippen LogP contribution in [0.1, 0.15) is 10.7 Å². The second kappa shape index (κ2) is 7.20. The maximum absolute atomic E-state index is 11.8. The second-order valence-electron chi connectivity index (χ2n) is 5.82. The smallest absolute Gasteiger partial charge is 0.248 e. The van der Waals surface area contributed by atoms with Crippen LogP contribution in [-0.4, -0.2) is 63.8 Å². The van der Waals surface area contributed by atoms with E-state index in [0.717, 1.165) is 30.3 Å². The first-order chi connectivity index (χ1) is 11.1. The van der Waals surface area contributed by atoms with Gasteiger partial charge in [-0.05, 0) is 6.07 Å². The molecule has 0 spiro atoms. The van der Waals surface area contributed by atoms with Gasteiger partial charge in [0, 0.05) is 45.0 Å².